The average Bonchev–Trinajstić information content (AvgIpc) is 2.57. The molecule has 1 heterocycles. The molecule has 1 aliphatic heterocycles. The third-order valence-corrected chi connectivity index (χ3v) is 4.19. The van der Waals surface area contributed by atoms with Gasteiger partial charge in [0.05, 0.1) is 13.2 Å². The van der Waals surface area contributed by atoms with E-state index in [0.717, 1.165) is 49.7 Å². The molecule has 0 bridgehead atoms. The Morgan fingerprint density at radius 2 is 1.92 bits per heavy atom. The summed E-state index contributed by atoms with van der Waals surface area (Å²) in [6.07, 6.45) is 0. The van der Waals surface area contributed by atoms with Crippen LogP contribution in [0.2, 0.25) is 0 Å². The van der Waals surface area contributed by atoms with E-state index in [4.69, 9.17) is 4.74 Å². The lowest BCUT2D eigenvalue weighted by Crippen LogP contribution is -2.43. The molecule has 2 N–H and O–H groups in total. The molecule has 0 radical (unpaired) electrons. The van der Waals surface area contributed by atoms with Crippen LogP contribution in [-0.2, 0) is 14.3 Å². The first-order valence-corrected chi connectivity index (χ1v) is 8.48. The summed E-state index contributed by atoms with van der Waals surface area (Å²) in [7, 11) is 0. The summed E-state index contributed by atoms with van der Waals surface area (Å²) < 4.78 is 5.28. The van der Waals surface area contributed by atoms with Gasteiger partial charge >= 0.3 is 11.8 Å². The van der Waals surface area contributed by atoms with E-state index >= 15 is 0 Å². The van der Waals surface area contributed by atoms with Crippen LogP contribution < -0.4 is 10.6 Å². The van der Waals surface area contributed by atoms with Crippen molar-refractivity contribution in [3.8, 4) is 0 Å². The highest BCUT2D eigenvalue weighted by Gasteiger charge is 2.18. The first-order chi connectivity index (χ1) is 11.5. The number of rotatable bonds is 5. The number of hydrogen-bond acceptors (Lipinski definition) is 4. The van der Waals surface area contributed by atoms with Crippen molar-refractivity contribution in [1.82, 2.24) is 10.2 Å². The van der Waals surface area contributed by atoms with E-state index in [1.807, 2.05) is 25.1 Å². The van der Waals surface area contributed by atoms with Gasteiger partial charge < -0.3 is 15.4 Å². The highest BCUT2D eigenvalue weighted by Crippen LogP contribution is 2.27. The lowest BCUT2D eigenvalue weighted by Gasteiger charge is -2.26. The van der Waals surface area contributed by atoms with Gasteiger partial charge in [0.2, 0.25) is 0 Å². The second-order valence-corrected chi connectivity index (χ2v) is 6.36. The Kier molecular flexibility index (Phi) is 6.75. The van der Waals surface area contributed by atoms with Crippen molar-refractivity contribution in [2.24, 2.45) is 0 Å². The zero-order chi connectivity index (χ0) is 17.5. The number of para-hydroxylation sites is 1. The van der Waals surface area contributed by atoms with E-state index in [-0.39, 0.29) is 5.92 Å². The van der Waals surface area contributed by atoms with E-state index in [1.165, 1.54) is 0 Å². The number of hydrogen-bond donors (Lipinski definition) is 2. The van der Waals surface area contributed by atoms with Crippen LogP contribution in [0.4, 0.5) is 5.69 Å². The van der Waals surface area contributed by atoms with Crippen molar-refractivity contribution in [1.29, 1.82) is 0 Å². The third kappa shape index (κ3) is 5.04. The number of nitrogens with one attached hydrogen (secondary N) is 2. The predicted molar refractivity (Wildman–Crippen MR) is 94.2 cm³/mol. The molecule has 0 aromatic heterocycles. The van der Waals surface area contributed by atoms with Crippen molar-refractivity contribution in [3.63, 3.8) is 0 Å². The van der Waals surface area contributed by atoms with Crippen LogP contribution in [0.3, 0.4) is 0 Å². The monoisotopic (exact) mass is 333 g/mol. The van der Waals surface area contributed by atoms with Crippen molar-refractivity contribution in [2.75, 3.05) is 44.7 Å². The van der Waals surface area contributed by atoms with Gasteiger partial charge in [0, 0.05) is 31.9 Å². The minimum absolute atomic E-state index is 0.268. The molecular weight excluding hydrogens is 306 g/mol. The van der Waals surface area contributed by atoms with Crippen molar-refractivity contribution < 1.29 is 14.3 Å². The molecule has 2 rings (SSSR count). The Balaban J connectivity index is 1.86. The first-order valence-electron chi connectivity index (χ1n) is 8.48. The average molecular weight is 333 g/mol. The molecule has 1 aliphatic rings. The summed E-state index contributed by atoms with van der Waals surface area (Å²) in [6, 6.07) is 5.87. The maximum atomic E-state index is 12.2. The van der Waals surface area contributed by atoms with Gasteiger partial charge in [-0.2, -0.15) is 0 Å². The fourth-order valence-corrected chi connectivity index (χ4v) is 2.75. The number of nitrogens with zero attached hydrogens (tertiary/aromatic N) is 1. The number of carbonyl (C=O) groups is 2. The summed E-state index contributed by atoms with van der Waals surface area (Å²) in [5.74, 6) is -0.945. The molecule has 6 nitrogen and oxygen atoms in total. The minimum atomic E-state index is -0.617. The fourth-order valence-electron chi connectivity index (χ4n) is 2.75. The van der Waals surface area contributed by atoms with Crippen LogP contribution in [0.15, 0.2) is 18.2 Å². The second-order valence-electron chi connectivity index (χ2n) is 6.36. The van der Waals surface area contributed by atoms with E-state index in [1.54, 1.807) is 0 Å². The Morgan fingerprint density at radius 3 is 2.58 bits per heavy atom. The van der Waals surface area contributed by atoms with Gasteiger partial charge in [0.15, 0.2) is 0 Å². The SMILES string of the molecule is Cc1cccc(C(C)C)c1NC(=O)C(=O)NCCN1CCOCC1. The van der Waals surface area contributed by atoms with Crippen LogP contribution in [-0.4, -0.2) is 56.1 Å². The van der Waals surface area contributed by atoms with E-state index < -0.39 is 11.8 Å². The lowest BCUT2D eigenvalue weighted by atomic mass is 9.98. The minimum Gasteiger partial charge on any atom is -0.379 e. The summed E-state index contributed by atoms with van der Waals surface area (Å²) in [6.45, 7) is 10.4. The molecule has 2 amide bonds. The molecular formula is C18H27N3O3. The van der Waals surface area contributed by atoms with Gasteiger partial charge in [-0.1, -0.05) is 32.0 Å². The van der Waals surface area contributed by atoms with E-state index in [9.17, 15) is 9.59 Å². The first kappa shape index (κ1) is 18.4. The molecule has 0 atom stereocenters. The topological polar surface area (TPSA) is 70.7 Å². The van der Waals surface area contributed by atoms with Crippen LogP contribution in [0.25, 0.3) is 0 Å². The standard InChI is InChI=1S/C18H27N3O3/c1-13(2)15-6-4-5-14(3)16(15)20-18(23)17(22)19-7-8-21-9-11-24-12-10-21/h4-6,13H,7-12H2,1-3H3,(H,19,22)(H,20,23). The molecule has 1 fully saturated rings. The van der Waals surface area contributed by atoms with Crippen molar-refractivity contribution in [3.05, 3.63) is 29.3 Å². The number of morpholine rings is 1. The Labute approximate surface area is 143 Å². The predicted octanol–water partition coefficient (Wildman–Crippen LogP) is 1.51. The van der Waals surface area contributed by atoms with Gasteiger partial charge in [-0.3, -0.25) is 14.5 Å². The maximum absolute atomic E-state index is 12.2. The molecule has 0 spiro atoms. The molecule has 6 heteroatoms. The second kappa shape index (κ2) is 8.80. The molecule has 1 aromatic carbocycles. The smallest absolute Gasteiger partial charge is 0.313 e. The maximum Gasteiger partial charge on any atom is 0.313 e. The van der Waals surface area contributed by atoms with Gasteiger partial charge in [-0.05, 0) is 24.0 Å². The molecule has 24 heavy (non-hydrogen) atoms. The van der Waals surface area contributed by atoms with Gasteiger partial charge in [0.25, 0.3) is 0 Å². The number of aryl methyl sites for hydroxylation is 1. The summed E-state index contributed by atoms with van der Waals surface area (Å²) in [5, 5.41) is 5.45. The van der Waals surface area contributed by atoms with Gasteiger partial charge in [-0.25, -0.2) is 0 Å². The van der Waals surface area contributed by atoms with Crippen LogP contribution in [0.1, 0.15) is 30.9 Å². The molecule has 1 aromatic rings. The van der Waals surface area contributed by atoms with Gasteiger partial charge in [0.1, 0.15) is 0 Å². The number of amides is 2. The number of carbonyl (C=O) groups excluding carboxylic acids is 2. The zero-order valence-corrected chi connectivity index (χ0v) is 14.7. The highest BCUT2D eigenvalue weighted by molar-refractivity contribution is 6.39. The van der Waals surface area contributed by atoms with Gasteiger partial charge in [-0.15, -0.1) is 0 Å². The Bertz CT molecular complexity index is 581. The quantitative estimate of drug-likeness (QED) is 0.801. The van der Waals surface area contributed by atoms with E-state index in [2.05, 4.69) is 29.4 Å². The van der Waals surface area contributed by atoms with Crippen molar-refractivity contribution in [2.45, 2.75) is 26.7 Å². The zero-order valence-electron chi connectivity index (χ0n) is 14.7. The Morgan fingerprint density at radius 1 is 1.21 bits per heavy atom. The molecule has 0 saturated carbocycles. The normalized spacial score (nSPS) is 15.3. The summed E-state index contributed by atoms with van der Waals surface area (Å²) in [4.78, 5) is 26.4. The van der Waals surface area contributed by atoms with Crippen molar-refractivity contribution >= 4 is 17.5 Å². The van der Waals surface area contributed by atoms with Crippen LogP contribution in [0, 0.1) is 6.92 Å². The molecule has 132 valence electrons. The largest absolute Gasteiger partial charge is 0.379 e. The Hall–Kier alpha value is -1.92. The summed E-state index contributed by atoms with van der Waals surface area (Å²) >= 11 is 0. The van der Waals surface area contributed by atoms with Crippen LogP contribution >= 0.6 is 0 Å². The lowest BCUT2D eigenvalue weighted by molar-refractivity contribution is -0.136. The number of benzene rings is 1. The van der Waals surface area contributed by atoms with Crippen LogP contribution in [0.5, 0.6) is 0 Å². The molecule has 0 aliphatic carbocycles. The fraction of sp³-hybridized carbons (Fsp3) is 0.556. The third-order valence-electron chi connectivity index (χ3n) is 4.19. The highest BCUT2D eigenvalue weighted by atomic mass is 16.5. The molecule has 1 saturated heterocycles. The molecule has 0 unspecified atom stereocenters. The number of anilines is 1. The summed E-state index contributed by atoms with van der Waals surface area (Å²) in [5.41, 5.74) is 2.72. The van der Waals surface area contributed by atoms with E-state index in [0.29, 0.717) is 6.54 Å². The number of ether oxygens (including phenoxy) is 1.